The first-order valence-corrected chi connectivity index (χ1v) is 11.2. The lowest BCUT2D eigenvalue weighted by molar-refractivity contribution is -0.103. The minimum absolute atomic E-state index is 0.00133. The van der Waals surface area contributed by atoms with E-state index in [0.29, 0.717) is 0 Å². The molecule has 2 unspecified atom stereocenters. The Morgan fingerprint density at radius 1 is 1.10 bits per heavy atom. The van der Waals surface area contributed by atoms with Crippen LogP contribution in [0.1, 0.15) is 49.9 Å². The minimum atomic E-state index is -0.00133. The molecule has 1 aromatic carbocycles. The van der Waals surface area contributed by atoms with Crippen molar-refractivity contribution in [3.05, 3.63) is 42.0 Å². The maximum absolute atomic E-state index is 5.72. The highest BCUT2D eigenvalue weighted by Crippen LogP contribution is 2.63. The predicted octanol–water partition coefficient (Wildman–Crippen LogP) is 3.48. The van der Waals surface area contributed by atoms with E-state index < -0.39 is 0 Å². The molecule has 30 heavy (non-hydrogen) atoms. The van der Waals surface area contributed by atoms with Crippen LogP contribution in [0.15, 0.2) is 30.6 Å². The fourth-order valence-corrected chi connectivity index (χ4v) is 7.39. The van der Waals surface area contributed by atoms with Gasteiger partial charge >= 0.3 is 0 Å². The fourth-order valence-electron chi connectivity index (χ4n) is 7.39. The van der Waals surface area contributed by atoms with Crippen LogP contribution in [-0.4, -0.2) is 36.4 Å². The molecule has 0 N–H and O–H groups in total. The number of aromatic nitrogens is 6. The van der Waals surface area contributed by atoms with Gasteiger partial charge in [0.15, 0.2) is 5.82 Å². The second kappa shape index (κ2) is 5.71. The number of aryl methyl sites for hydroxylation is 1. The summed E-state index contributed by atoms with van der Waals surface area (Å²) < 4.78 is 8.22. The first-order valence-electron chi connectivity index (χ1n) is 11.2. The van der Waals surface area contributed by atoms with Crippen LogP contribution in [0.3, 0.4) is 0 Å². The Hall–Kier alpha value is -2.70. The number of nitrogens with zero attached hydrogens (tertiary/aromatic N) is 6. The van der Waals surface area contributed by atoms with E-state index in [1.165, 1.54) is 43.2 Å². The van der Waals surface area contributed by atoms with Crippen molar-refractivity contribution in [2.75, 3.05) is 6.61 Å². The van der Waals surface area contributed by atoms with E-state index in [1.807, 2.05) is 17.9 Å². The number of benzene rings is 1. The Balaban J connectivity index is 1.34. The van der Waals surface area contributed by atoms with Crippen molar-refractivity contribution >= 4 is 0 Å². The number of fused-ring (bicyclic) bond motifs is 1. The molecule has 4 fully saturated rings. The van der Waals surface area contributed by atoms with Gasteiger partial charge in [0.1, 0.15) is 11.6 Å². The van der Waals surface area contributed by atoms with Crippen molar-refractivity contribution in [2.45, 2.75) is 62.9 Å². The van der Waals surface area contributed by atoms with Crippen LogP contribution in [-0.2, 0) is 17.5 Å². The largest absolute Gasteiger partial charge is 0.493 e. The SMILES string of the molecule is Cc1nnn(C23CC4CC(C2)CC(n2ccnc2-c2ccc5c(c2)CCO5)(C4)C3)n1. The maximum atomic E-state index is 5.72. The van der Waals surface area contributed by atoms with Gasteiger partial charge < -0.3 is 9.30 Å². The van der Waals surface area contributed by atoms with Gasteiger partial charge in [-0.3, -0.25) is 0 Å². The monoisotopic (exact) mass is 402 g/mol. The van der Waals surface area contributed by atoms with E-state index in [4.69, 9.17) is 9.72 Å². The zero-order chi connectivity index (χ0) is 19.9. The van der Waals surface area contributed by atoms with Crippen LogP contribution >= 0.6 is 0 Å². The molecular formula is C23H26N6O. The number of rotatable bonds is 3. The second-order valence-corrected chi connectivity index (χ2v) is 10.1. The molecular weight excluding hydrogens is 376 g/mol. The molecule has 2 atom stereocenters. The van der Waals surface area contributed by atoms with E-state index in [1.54, 1.807) is 0 Å². The standard InChI is InChI=1S/C23H26N6O/c1-15-25-27-29(26-15)23-12-16-8-17(13-23)11-22(10-16,14-23)28-6-5-24-21(28)19-2-3-20-18(9-19)4-7-30-20/h2-3,5-6,9,16-17H,4,7-8,10-14H2,1H3. The predicted molar refractivity (Wildman–Crippen MR) is 110 cm³/mol. The molecule has 1 aliphatic heterocycles. The third-order valence-corrected chi connectivity index (χ3v) is 8.04. The highest BCUT2D eigenvalue weighted by atomic mass is 16.5. The molecule has 5 aliphatic rings. The molecule has 0 amide bonds. The smallest absolute Gasteiger partial charge is 0.171 e. The quantitative estimate of drug-likeness (QED) is 0.671. The summed E-state index contributed by atoms with van der Waals surface area (Å²) in [4.78, 5) is 6.81. The van der Waals surface area contributed by atoms with Gasteiger partial charge in [-0.05, 0) is 86.3 Å². The summed E-state index contributed by atoms with van der Waals surface area (Å²) in [5.41, 5.74) is 2.58. The van der Waals surface area contributed by atoms with Crippen LogP contribution in [0.2, 0.25) is 0 Å². The Bertz CT molecular complexity index is 1130. The number of ether oxygens (including phenoxy) is 1. The fraction of sp³-hybridized carbons (Fsp3) is 0.565. The van der Waals surface area contributed by atoms with Crippen LogP contribution in [0.25, 0.3) is 11.4 Å². The van der Waals surface area contributed by atoms with Gasteiger partial charge in [-0.2, -0.15) is 4.80 Å². The van der Waals surface area contributed by atoms with Crippen LogP contribution in [0, 0.1) is 18.8 Å². The lowest BCUT2D eigenvalue weighted by Gasteiger charge is -2.61. The summed E-state index contributed by atoms with van der Waals surface area (Å²) in [5, 5.41) is 13.4. The van der Waals surface area contributed by atoms with Crippen molar-refractivity contribution in [1.29, 1.82) is 0 Å². The van der Waals surface area contributed by atoms with Crippen LogP contribution < -0.4 is 4.74 Å². The Morgan fingerprint density at radius 2 is 1.93 bits per heavy atom. The van der Waals surface area contributed by atoms with E-state index in [0.717, 1.165) is 48.7 Å². The van der Waals surface area contributed by atoms with Crippen molar-refractivity contribution in [3.63, 3.8) is 0 Å². The zero-order valence-corrected chi connectivity index (χ0v) is 17.3. The van der Waals surface area contributed by atoms with Gasteiger partial charge in [0.2, 0.25) is 0 Å². The highest BCUT2D eigenvalue weighted by molar-refractivity contribution is 5.60. The average molecular weight is 403 g/mol. The van der Waals surface area contributed by atoms with E-state index in [2.05, 4.69) is 44.4 Å². The van der Waals surface area contributed by atoms with Gasteiger partial charge in [0.05, 0.1) is 12.1 Å². The molecule has 3 heterocycles. The molecule has 3 aromatic rings. The zero-order valence-electron chi connectivity index (χ0n) is 17.3. The lowest BCUT2D eigenvalue weighted by atomic mass is 9.50. The summed E-state index contributed by atoms with van der Waals surface area (Å²) in [6.45, 7) is 2.72. The summed E-state index contributed by atoms with van der Waals surface area (Å²) >= 11 is 0. The van der Waals surface area contributed by atoms with Gasteiger partial charge in [-0.1, -0.05) is 0 Å². The normalized spacial score (nSPS) is 33.6. The molecule has 4 bridgehead atoms. The van der Waals surface area contributed by atoms with Gasteiger partial charge in [0.25, 0.3) is 0 Å². The number of tetrazole rings is 1. The molecule has 7 heteroatoms. The summed E-state index contributed by atoms with van der Waals surface area (Å²) in [6.07, 6.45) is 12.4. The molecule has 0 spiro atoms. The molecule has 2 aromatic heterocycles. The molecule has 4 aliphatic carbocycles. The Morgan fingerprint density at radius 3 is 2.73 bits per heavy atom. The number of hydrogen-bond donors (Lipinski definition) is 0. The van der Waals surface area contributed by atoms with E-state index >= 15 is 0 Å². The molecule has 0 saturated heterocycles. The number of hydrogen-bond acceptors (Lipinski definition) is 5. The Kier molecular flexibility index (Phi) is 3.24. The van der Waals surface area contributed by atoms with E-state index in [-0.39, 0.29) is 11.1 Å². The first kappa shape index (κ1) is 17.0. The minimum Gasteiger partial charge on any atom is -0.493 e. The summed E-state index contributed by atoms with van der Waals surface area (Å²) in [7, 11) is 0. The maximum Gasteiger partial charge on any atom is 0.171 e. The topological polar surface area (TPSA) is 70.7 Å². The van der Waals surface area contributed by atoms with Crippen molar-refractivity contribution in [1.82, 2.24) is 29.8 Å². The lowest BCUT2D eigenvalue weighted by Crippen LogP contribution is -2.60. The molecule has 4 saturated carbocycles. The van der Waals surface area contributed by atoms with Gasteiger partial charge in [-0.25, -0.2) is 4.98 Å². The third kappa shape index (κ3) is 2.26. The molecule has 8 rings (SSSR count). The van der Waals surface area contributed by atoms with Gasteiger partial charge in [0, 0.05) is 29.9 Å². The second-order valence-electron chi connectivity index (χ2n) is 10.1. The van der Waals surface area contributed by atoms with Crippen LogP contribution in [0.5, 0.6) is 5.75 Å². The Labute approximate surface area is 175 Å². The van der Waals surface area contributed by atoms with Crippen molar-refractivity contribution in [3.8, 4) is 17.1 Å². The number of imidazole rings is 1. The van der Waals surface area contributed by atoms with E-state index in [9.17, 15) is 0 Å². The summed E-state index contributed by atoms with van der Waals surface area (Å²) in [5.74, 6) is 4.33. The highest BCUT2D eigenvalue weighted by Gasteiger charge is 2.60. The van der Waals surface area contributed by atoms with Gasteiger partial charge in [-0.15, -0.1) is 10.2 Å². The first-order chi connectivity index (χ1) is 14.6. The average Bonchev–Trinajstić information content (AvgIpc) is 3.47. The van der Waals surface area contributed by atoms with Crippen molar-refractivity contribution < 1.29 is 4.74 Å². The summed E-state index contributed by atoms with van der Waals surface area (Å²) in [6, 6.07) is 6.56. The molecule has 154 valence electrons. The molecule has 7 nitrogen and oxygen atoms in total. The van der Waals surface area contributed by atoms with Crippen LogP contribution in [0.4, 0.5) is 0 Å². The molecule has 0 radical (unpaired) electrons. The third-order valence-electron chi connectivity index (χ3n) is 8.04. The van der Waals surface area contributed by atoms with Crippen molar-refractivity contribution in [2.24, 2.45) is 11.8 Å².